The minimum atomic E-state index is -0.365. The van der Waals surface area contributed by atoms with Crippen molar-refractivity contribution < 1.29 is 9.53 Å². The molecule has 2 atom stereocenters. The van der Waals surface area contributed by atoms with Crippen LogP contribution in [0.3, 0.4) is 0 Å². The number of ether oxygens (including phenoxy) is 1. The van der Waals surface area contributed by atoms with Crippen molar-refractivity contribution >= 4 is 11.8 Å². The minimum absolute atomic E-state index is 0.0239. The summed E-state index contributed by atoms with van der Waals surface area (Å²) < 4.78 is 5.52. The number of likely N-dealkylation sites (N-methyl/N-ethyl adjacent to an activating group) is 1. The number of hydrogen-bond donors (Lipinski definition) is 2. The summed E-state index contributed by atoms with van der Waals surface area (Å²) in [6, 6.07) is 7.97. The smallest absolute Gasteiger partial charge is 0.411 e. The van der Waals surface area contributed by atoms with Crippen molar-refractivity contribution in [2.24, 2.45) is 0 Å². The van der Waals surface area contributed by atoms with Crippen LogP contribution < -0.4 is 10.6 Å². The van der Waals surface area contributed by atoms with Crippen LogP contribution in [0.2, 0.25) is 0 Å². The molecule has 0 aliphatic heterocycles. The van der Waals surface area contributed by atoms with Gasteiger partial charge in [0.25, 0.3) is 0 Å². The highest BCUT2D eigenvalue weighted by molar-refractivity contribution is 5.84. The van der Waals surface area contributed by atoms with Crippen molar-refractivity contribution in [3.63, 3.8) is 0 Å². The number of nitrogens with one attached hydrogen (secondary N) is 2. The second-order valence-corrected chi connectivity index (χ2v) is 5.11. The molecule has 1 aromatic rings. The number of aryl methyl sites for hydroxylation is 1. The fraction of sp³-hybridized carbons (Fsp3) is 0.533. The molecule has 0 spiro atoms. The van der Waals surface area contributed by atoms with Gasteiger partial charge in [-0.2, -0.15) is 0 Å². The van der Waals surface area contributed by atoms with Gasteiger partial charge in [-0.25, -0.2) is 4.79 Å². The Morgan fingerprint density at radius 2 is 1.89 bits per heavy atom. The molecule has 1 fully saturated rings. The molecule has 2 N–H and O–H groups in total. The molecular formula is C15H22N2O2. The number of carbonyl (C=O) groups is 1. The van der Waals surface area contributed by atoms with E-state index >= 15 is 0 Å². The number of anilines is 1. The number of hydrogen-bond acceptors (Lipinski definition) is 3. The van der Waals surface area contributed by atoms with Gasteiger partial charge in [0.2, 0.25) is 0 Å². The van der Waals surface area contributed by atoms with Gasteiger partial charge >= 0.3 is 6.09 Å². The molecule has 4 heteroatoms. The van der Waals surface area contributed by atoms with Gasteiger partial charge in [-0.05, 0) is 45.4 Å². The summed E-state index contributed by atoms with van der Waals surface area (Å²) in [6.45, 7) is 2.02. The predicted molar refractivity (Wildman–Crippen MR) is 76.4 cm³/mol. The summed E-state index contributed by atoms with van der Waals surface area (Å²) in [4.78, 5) is 11.9. The molecule has 0 heterocycles. The molecule has 1 aliphatic rings. The quantitative estimate of drug-likeness (QED) is 0.880. The van der Waals surface area contributed by atoms with Crippen LogP contribution >= 0.6 is 0 Å². The number of rotatable bonds is 3. The van der Waals surface area contributed by atoms with E-state index in [2.05, 4.69) is 10.6 Å². The first-order chi connectivity index (χ1) is 9.19. The van der Waals surface area contributed by atoms with E-state index in [1.807, 2.05) is 38.2 Å². The normalized spacial score (nSPS) is 22.8. The van der Waals surface area contributed by atoms with E-state index in [1.165, 1.54) is 12.0 Å². The Kier molecular flexibility index (Phi) is 4.80. The Labute approximate surface area is 114 Å². The summed E-state index contributed by atoms with van der Waals surface area (Å²) in [5.74, 6) is 0. The molecule has 1 amide bonds. The third kappa shape index (κ3) is 3.96. The van der Waals surface area contributed by atoms with Crippen LogP contribution in [0.5, 0.6) is 0 Å². The Bertz CT molecular complexity index is 417. The van der Waals surface area contributed by atoms with Gasteiger partial charge in [0.15, 0.2) is 0 Å². The lowest BCUT2D eigenvalue weighted by molar-refractivity contribution is 0.0640. The first kappa shape index (κ1) is 13.9. The van der Waals surface area contributed by atoms with Gasteiger partial charge in [-0.15, -0.1) is 0 Å². The maximum absolute atomic E-state index is 11.9. The Hall–Kier alpha value is -1.55. The molecular weight excluding hydrogens is 240 g/mol. The second kappa shape index (κ2) is 6.57. The Balaban J connectivity index is 1.88. The topological polar surface area (TPSA) is 50.4 Å². The third-order valence-electron chi connectivity index (χ3n) is 3.63. The monoisotopic (exact) mass is 262 g/mol. The van der Waals surface area contributed by atoms with Crippen LogP contribution in [0.15, 0.2) is 24.3 Å². The largest absolute Gasteiger partial charge is 0.444 e. The highest BCUT2D eigenvalue weighted by Gasteiger charge is 2.26. The summed E-state index contributed by atoms with van der Waals surface area (Å²) in [7, 11) is 1.92. The number of carbonyl (C=O) groups excluding carboxylic acids is 1. The van der Waals surface area contributed by atoms with Crippen molar-refractivity contribution in [1.29, 1.82) is 0 Å². The molecule has 2 rings (SSSR count). The van der Waals surface area contributed by atoms with Crippen LogP contribution in [0, 0.1) is 6.92 Å². The van der Waals surface area contributed by atoms with Crippen molar-refractivity contribution in [2.75, 3.05) is 12.4 Å². The van der Waals surface area contributed by atoms with Gasteiger partial charge in [0.05, 0.1) is 0 Å². The van der Waals surface area contributed by atoms with Gasteiger partial charge < -0.3 is 10.1 Å². The lowest BCUT2D eigenvalue weighted by Crippen LogP contribution is -2.43. The number of amides is 1. The first-order valence-corrected chi connectivity index (χ1v) is 6.90. The van der Waals surface area contributed by atoms with E-state index in [-0.39, 0.29) is 18.2 Å². The Morgan fingerprint density at radius 3 is 2.58 bits per heavy atom. The van der Waals surface area contributed by atoms with Crippen molar-refractivity contribution in [3.05, 3.63) is 29.8 Å². The van der Waals surface area contributed by atoms with E-state index in [9.17, 15) is 4.79 Å². The van der Waals surface area contributed by atoms with Gasteiger partial charge in [-0.1, -0.05) is 24.1 Å². The molecule has 0 aromatic heterocycles. The SMILES string of the molecule is CNC1CCCCC1OC(=O)Nc1ccc(C)cc1. The lowest BCUT2D eigenvalue weighted by atomic mass is 9.92. The molecule has 1 aromatic carbocycles. The van der Waals surface area contributed by atoms with Gasteiger partial charge in [0, 0.05) is 11.7 Å². The third-order valence-corrected chi connectivity index (χ3v) is 3.63. The number of benzene rings is 1. The second-order valence-electron chi connectivity index (χ2n) is 5.11. The Morgan fingerprint density at radius 1 is 1.21 bits per heavy atom. The average Bonchev–Trinajstić information content (AvgIpc) is 2.42. The summed E-state index contributed by atoms with van der Waals surface area (Å²) in [5, 5.41) is 6.00. The van der Waals surface area contributed by atoms with E-state index in [0.29, 0.717) is 0 Å². The summed E-state index contributed by atoms with van der Waals surface area (Å²) in [5.41, 5.74) is 1.94. The van der Waals surface area contributed by atoms with Crippen molar-refractivity contribution in [1.82, 2.24) is 5.32 Å². The minimum Gasteiger partial charge on any atom is -0.444 e. The molecule has 1 aliphatic carbocycles. The molecule has 19 heavy (non-hydrogen) atoms. The van der Waals surface area contributed by atoms with Crippen LogP contribution in [0.1, 0.15) is 31.2 Å². The maximum atomic E-state index is 11.9. The van der Waals surface area contributed by atoms with Gasteiger partial charge in [-0.3, -0.25) is 5.32 Å². The van der Waals surface area contributed by atoms with Crippen LogP contribution in [-0.2, 0) is 4.74 Å². The van der Waals surface area contributed by atoms with E-state index in [1.54, 1.807) is 0 Å². The maximum Gasteiger partial charge on any atom is 0.411 e. The van der Waals surface area contributed by atoms with E-state index in [0.717, 1.165) is 24.9 Å². The zero-order valence-electron chi connectivity index (χ0n) is 11.6. The summed E-state index contributed by atoms with van der Waals surface area (Å²) in [6.07, 6.45) is 3.94. The molecule has 1 saturated carbocycles. The van der Waals surface area contributed by atoms with Crippen LogP contribution in [0.25, 0.3) is 0 Å². The zero-order valence-corrected chi connectivity index (χ0v) is 11.6. The first-order valence-electron chi connectivity index (χ1n) is 6.90. The van der Waals surface area contributed by atoms with E-state index < -0.39 is 0 Å². The van der Waals surface area contributed by atoms with Crippen molar-refractivity contribution in [2.45, 2.75) is 44.8 Å². The van der Waals surface area contributed by atoms with Gasteiger partial charge in [0.1, 0.15) is 6.10 Å². The van der Waals surface area contributed by atoms with Crippen LogP contribution in [-0.4, -0.2) is 25.3 Å². The van der Waals surface area contributed by atoms with Crippen LogP contribution in [0.4, 0.5) is 10.5 Å². The predicted octanol–water partition coefficient (Wildman–Crippen LogP) is 3.07. The summed E-state index contributed by atoms with van der Waals surface area (Å²) >= 11 is 0. The lowest BCUT2D eigenvalue weighted by Gasteiger charge is -2.30. The highest BCUT2D eigenvalue weighted by Crippen LogP contribution is 2.21. The standard InChI is InChI=1S/C15H22N2O2/c1-11-7-9-12(10-8-11)17-15(18)19-14-6-4-3-5-13(14)16-2/h7-10,13-14,16H,3-6H2,1-2H3,(H,17,18). The molecule has 2 unspecified atom stereocenters. The molecule has 4 nitrogen and oxygen atoms in total. The molecule has 0 radical (unpaired) electrons. The molecule has 0 saturated heterocycles. The molecule has 104 valence electrons. The highest BCUT2D eigenvalue weighted by atomic mass is 16.6. The van der Waals surface area contributed by atoms with Crippen molar-refractivity contribution in [3.8, 4) is 0 Å². The molecule has 0 bridgehead atoms. The zero-order chi connectivity index (χ0) is 13.7. The fourth-order valence-electron chi connectivity index (χ4n) is 2.49. The fourth-order valence-corrected chi connectivity index (χ4v) is 2.49. The average molecular weight is 262 g/mol. The van der Waals surface area contributed by atoms with E-state index in [4.69, 9.17) is 4.74 Å².